The number of aliphatic carboxylic acids is 1. The van der Waals surface area contributed by atoms with Crippen LogP contribution in [-0.2, 0) is 20.8 Å². The van der Waals surface area contributed by atoms with Crippen molar-refractivity contribution in [3.05, 3.63) is 29.3 Å². The topological polar surface area (TPSA) is 96.4 Å². The van der Waals surface area contributed by atoms with Crippen molar-refractivity contribution in [1.29, 1.82) is 0 Å². The van der Waals surface area contributed by atoms with E-state index in [1.54, 1.807) is 0 Å². The molecule has 0 radical (unpaired) electrons. The molecule has 0 bridgehead atoms. The van der Waals surface area contributed by atoms with Crippen LogP contribution in [0, 0.1) is 11.8 Å². The predicted molar refractivity (Wildman–Crippen MR) is 109 cm³/mol. The Balaban J connectivity index is 2.08. The summed E-state index contributed by atoms with van der Waals surface area (Å²) in [6.45, 7) is 5.45. The summed E-state index contributed by atoms with van der Waals surface area (Å²) < 4.78 is 0.985. The zero-order valence-corrected chi connectivity index (χ0v) is 17.2. The minimum Gasteiger partial charge on any atom is -0.480 e. The van der Waals surface area contributed by atoms with E-state index in [0.29, 0.717) is 17.2 Å². The van der Waals surface area contributed by atoms with Gasteiger partial charge in [-0.05, 0) is 24.5 Å². The number of rotatable bonds is 9. The summed E-state index contributed by atoms with van der Waals surface area (Å²) in [5, 5.41) is 12.8. The number of benzene rings is 1. The Hall–Kier alpha value is -1.93. The van der Waals surface area contributed by atoms with Crippen LogP contribution in [0.4, 0.5) is 0 Å². The van der Waals surface area contributed by atoms with Gasteiger partial charge in [-0.15, -0.1) is 11.3 Å². The lowest BCUT2D eigenvalue weighted by Gasteiger charge is -2.20. The molecule has 146 valence electrons. The molecule has 2 aromatic rings. The van der Waals surface area contributed by atoms with Gasteiger partial charge in [-0.1, -0.05) is 37.7 Å². The Labute approximate surface area is 166 Å². The highest BCUT2D eigenvalue weighted by Crippen LogP contribution is 2.23. The third kappa shape index (κ3) is 6.62. The second-order valence-electron chi connectivity index (χ2n) is 6.81. The summed E-state index contributed by atoms with van der Waals surface area (Å²) in [5.74, 6) is -1.21. The van der Waals surface area contributed by atoms with Crippen LogP contribution in [0.1, 0.15) is 32.2 Å². The fourth-order valence-corrected chi connectivity index (χ4v) is 4.45. The first-order valence-electron chi connectivity index (χ1n) is 8.77. The van der Waals surface area contributed by atoms with Crippen molar-refractivity contribution in [2.24, 2.45) is 11.8 Å². The predicted octanol–water partition coefficient (Wildman–Crippen LogP) is 3.35. The van der Waals surface area contributed by atoms with Crippen molar-refractivity contribution in [2.45, 2.75) is 39.7 Å². The first kappa shape index (κ1) is 21.4. The SMILES string of the molecule is CC(=O)SC[C@@H](CC(C)C)C(=O)N[C@@H](Cc1nc2ccccc2s1)C(=O)O. The van der Waals surface area contributed by atoms with Gasteiger partial charge >= 0.3 is 5.97 Å². The molecule has 0 aliphatic rings. The maximum atomic E-state index is 12.7. The second-order valence-corrected chi connectivity index (χ2v) is 9.12. The van der Waals surface area contributed by atoms with Crippen LogP contribution in [0.3, 0.4) is 0 Å². The van der Waals surface area contributed by atoms with Crippen molar-refractivity contribution in [3.63, 3.8) is 0 Å². The molecule has 0 aliphatic carbocycles. The molecule has 1 amide bonds. The lowest BCUT2D eigenvalue weighted by atomic mass is 9.97. The van der Waals surface area contributed by atoms with E-state index >= 15 is 0 Å². The fourth-order valence-electron chi connectivity index (χ4n) is 2.71. The molecule has 8 heteroatoms. The van der Waals surface area contributed by atoms with Gasteiger partial charge in [-0.3, -0.25) is 9.59 Å². The van der Waals surface area contributed by atoms with E-state index in [4.69, 9.17) is 0 Å². The largest absolute Gasteiger partial charge is 0.480 e. The summed E-state index contributed by atoms with van der Waals surface area (Å²) >= 11 is 2.52. The number of carboxylic acids is 1. The normalized spacial score (nSPS) is 13.5. The van der Waals surface area contributed by atoms with Crippen LogP contribution in [-0.4, -0.2) is 38.9 Å². The fraction of sp³-hybridized carbons (Fsp3) is 0.474. The number of carbonyl (C=O) groups is 3. The smallest absolute Gasteiger partial charge is 0.326 e. The molecule has 1 aromatic carbocycles. The molecule has 0 fully saturated rings. The van der Waals surface area contributed by atoms with E-state index in [1.165, 1.54) is 18.3 Å². The number of carbonyl (C=O) groups excluding carboxylic acids is 2. The van der Waals surface area contributed by atoms with Gasteiger partial charge in [0.2, 0.25) is 5.91 Å². The number of thiazole rings is 1. The summed E-state index contributed by atoms with van der Waals surface area (Å²) in [7, 11) is 0. The van der Waals surface area contributed by atoms with E-state index in [2.05, 4.69) is 10.3 Å². The average Bonchev–Trinajstić information content (AvgIpc) is 2.99. The zero-order valence-electron chi connectivity index (χ0n) is 15.6. The van der Waals surface area contributed by atoms with Gasteiger partial charge in [-0.2, -0.15) is 0 Å². The van der Waals surface area contributed by atoms with Gasteiger partial charge < -0.3 is 10.4 Å². The van der Waals surface area contributed by atoms with Crippen molar-refractivity contribution >= 4 is 50.3 Å². The standard InChI is InChI=1S/C19H24N2O4S2/c1-11(2)8-13(10-26-12(3)22)18(23)21-15(19(24)25)9-17-20-14-6-4-5-7-16(14)27-17/h4-7,11,13,15H,8-10H2,1-3H3,(H,21,23)(H,24,25)/t13-,15+/m1/s1. The van der Waals surface area contributed by atoms with Crippen LogP contribution < -0.4 is 5.32 Å². The molecule has 2 rings (SSSR count). The van der Waals surface area contributed by atoms with Crippen LogP contribution >= 0.6 is 23.1 Å². The highest BCUT2D eigenvalue weighted by molar-refractivity contribution is 8.13. The number of hydrogen-bond acceptors (Lipinski definition) is 6. The molecule has 1 aromatic heterocycles. The summed E-state index contributed by atoms with van der Waals surface area (Å²) in [6, 6.07) is 6.55. The lowest BCUT2D eigenvalue weighted by Crippen LogP contribution is -2.45. The quantitative estimate of drug-likeness (QED) is 0.660. The number of hydrogen-bond donors (Lipinski definition) is 2. The Kier molecular flexibility index (Phi) is 7.79. The summed E-state index contributed by atoms with van der Waals surface area (Å²) in [4.78, 5) is 40.0. The number of amides is 1. The monoisotopic (exact) mass is 408 g/mol. The van der Waals surface area contributed by atoms with Gasteiger partial charge in [0.1, 0.15) is 6.04 Å². The van der Waals surface area contributed by atoms with Crippen molar-refractivity contribution in [2.75, 3.05) is 5.75 Å². The molecular weight excluding hydrogens is 384 g/mol. The van der Waals surface area contributed by atoms with Gasteiger partial charge in [-0.25, -0.2) is 9.78 Å². The Morgan fingerprint density at radius 1 is 1.26 bits per heavy atom. The molecule has 2 N–H and O–H groups in total. The molecule has 0 unspecified atom stereocenters. The third-order valence-electron chi connectivity index (χ3n) is 3.95. The van der Waals surface area contributed by atoms with Gasteiger partial charge in [0.25, 0.3) is 0 Å². The van der Waals surface area contributed by atoms with E-state index < -0.39 is 17.9 Å². The van der Waals surface area contributed by atoms with Gasteiger partial charge in [0.05, 0.1) is 15.2 Å². The summed E-state index contributed by atoms with van der Waals surface area (Å²) in [6.07, 6.45) is 0.730. The number of thioether (sulfide) groups is 1. The minimum absolute atomic E-state index is 0.0548. The van der Waals surface area contributed by atoms with E-state index in [9.17, 15) is 19.5 Å². The minimum atomic E-state index is -1.09. The van der Waals surface area contributed by atoms with Crippen molar-refractivity contribution < 1.29 is 19.5 Å². The maximum absolute atomic E-state index is 12.7. The number of nitrogens with one attached hydrogen (secondary N) is 1. The van der Waals surface area contributed by atoms with Gasteiger partial charge in [0, 0.05) is 25.0 Å². The first-order valence-corrected chi connectivity index (χ1v) is 10.6. The second kappa shape index (κ2) is 9.85. The van der Waals surface area contributed by atoms with Crippen LogP contribution in [0.25, 0.3) is 10.2 Å². The molecule has 0 saturated heterocycles. The maximum Gasteiger partial charge on any atom is 0.326 e. The molecule has 2 atom stereocenters. The average molecular weight is 409 g/mol. The Morgan fingerprint density at radius 2 is 1.96 bits per heavy atom. The Morgan fingerprint density at radius 3 is 2.56 bits per heavy atom. The molecule has 0 saturated carbocycles. The number of carboxylic acid groups (broad SMARTS) is 1. The molecule has 6 nitrogen and oxygen atoms in total. The molecule has 27 heavy (non-hydrogen) atoms. The molecule has 0 aliphatic heterocycles. The lowest BCUT2D eigenvalue weighted by molar-refractivity contribution is -0.142. The molecular formula is C19H24N2O4S2. The zero-order chi connectivity index (χ0) is 20.0. The number of nitrogens with zero attached hydrogens (tertiary/aromatic N) is 1. The van der Waals surface area contributed by atoms with E-state index in [0.717, 1.165) is 22.0 Å². The number of fused-ring (bicyclic) bond motifs is 1. The van der Waals surface area contributed by atoms with Crippen LogP contribution in [0.15, 0.2) is 24.3 Å². The highest BCUT2D eigenvalue weighted by Gasteiger charge is 2.27. The van der Waals surface area contributed by atoms with Crippen molar-refractivity contribution in [1.82, 2.24) is 10.3 Å². The molecule has 1 heterocycles. The van der Waals surface area contributed by atoms with Crippen LogP contribution in [0.5, 0.6) is 0 Å². The Bertz CT molecular complexity index is 786. The van der Waals surface area contributed by atoms with E-state index in [-0.39, 0.29) is 23.4 Å². The summed E-state index contributed by atoms with van der Waals surface area (Å²) in [5.41, 5.74) is 0.823. The third-order valence-corrected chi connectivity index (χ3v) is 5.98. The van der Waals surface area contributed by atoms with Crippen LogP contribution in [0.2, 0.25) is 0 Å². The number of aromatic nitrogens is 1. The molecule has 0 spiro atoms. The van der Waals surface area contributed by atoms with Crippen molar-refractivity contribution in [3.8, 4) is 0 Å². The van der Waals surface area contributed by atoms with E-state index in [1.807, 2.05) is 38.1 Å². The van der Waals surface area contributed by atoms with Gasteiger partial charge in [0.15, 0.2) is 5.12 Å². The number of para-hydroxylation sites is 1. The highest BCUT2D eigenvalue weighted by atomic mass is 32.2. The first-order chi connectivity index (χ1) is 12.8.